The average molecular weight is 645 g/mol. The average Bonchev–Trinajstić information content (AvgIpc) is 3.36. The van der Waals surface area contributed by atoms with Crippen molar-refractivity contribution < 1.29 is 49.7 Å². The molecule has 0 bridgehead atoms. The van der Waals surface area contributed by atoms with Gasteiger partial charge in [0.25, 0.3) is 0 Å². The van der Waals surface area contributed by atoms with E-state index in [4.69, 9.17) is 19.4 Å². The number of aliphatic carboxylic acids is 1. The quantitative estimate of drug-likeness (QED) is 0.262. The number of carbonyl (C=O) groups is 1. The molecular weight excluding hydrogens is 619 g/mol. The third-order valence-electron chi connectivity index (χ3n) is 5.93. The topological polar surface area (TPSA) is 159 Å². The Kier molecular flexibility index (Phi) is 10.6. The number of carboxylic acids is 1. The minimum absolute atomic E-state index is 0.0640. The molecule has 4 rings (SSSR count). The predicted molar refractivity (Wildman–Crippen MR) is 143 cm³/mol. The Hall–Kier alpha value is -4.58. The number of halogens is 5. The van der Waals surface area contributed by atoms with E-state index in [9.17, 15) is 30.4 Å². The van der Waals surface area contributed by atoms with Crippen LogP contribution in [-0.2, 0) is 25.1 Å². The molecule has 236 valence electrons. The molecule has 12 nitrogen and oxygen atoms in total. The lowest BCUT2D eigenvalue weighted by Gasteiger charge is -2.21. The number of alkyl halides is 3. The van der Waals surface area contributed by atoms with E-state index in [2.05, 4.69) is 25.1 Å². The highest BCUT2D eigenvalue weighted by molar-refractivity contribution is 7.91. The van der Waals surface area contributed by atoms with Gasteiger partial charge in [-0.3, -0.25) is 4.57 Å². The van der Waals surface area contributed by atoms with Crippen molar-refractivity contribution >= 4 is 15.8 Å². The summed E-state index contributed by atoms with van der Waals surface area (Å²) in [5.41, 5.74) is 0.442. The molecule has 0 aliphatic heterocycles. The Bertz CT molecular complexity index is 1700. The molecule has 3 aromatic heterocycles. The molecule has 0 radical (unpaired) electrons. The van der Waals surface area contributed by atoms with Gasteiger partial charge in [0, 0.05) is 25.6 Å². The Balaban J connectivity index is 0.000000676. The van der Waals surface area contributed by atoms with E-state index in [0.29, 0.717) is 0 Å². The zero-order valence-corrected chi connectivity index (χ0v) is 24.3. The fourth-order valence-electron chi connectivity index (χ4n) is 3.72. The number of hydrogen-bond donors (Lipinski definition) is 1. The van der Waals surface area contributed by atoms with Crippen molar-refractivity contribution in [1.29, 1.82) is 0 Å². The number of para-hydroxylation sites is 1. The first-order chi connectivity index (χ1) is 20.6. The van der Waals surface area contributed by atoms with Gasteiger partial charge in [0.1, 0.15) is 34.9 Å². The fraction of sp³-hybridized carbons (Fsp3) is 0.308. The monoisotopic (exact) mass is 644 g/mol. The molecular formula is C26H25F5N6O6S. The van der Waals surface area contributed by atoms with Crippen LogP contribution in [0.3, 0.4) is 0 Å². The number of sulfone groups is 1. The summed E-state index contributed by atoms with van der Waals surface area (Å²) in [6.07, 6.45) is -2.97. The van der Waals surface area contributed by atoms with Gasteiger partial charge in [-0.25, -0.2) is 36.9 Å². The van der Waals surface area contributed by atoms with Crippen LogP contribution in [-0.4, -0.2) is 74.9 Å². The minimum Gasteiger partial charge on any atom is -0.481 e. The number of hydrogen-bond acceptors (Lipinski definition) is 10. The molecule has 4 aromatic rings. The van der Waals surface area contributed by atoms with E-state index < -0.39 is 56.4 Å². The lowest BCUT2D eigenvalue weighted by Crippen LogP contribution is -2.30. The van der Waals surface area contributed by atoms with Gasteiger partial charge in [-0.15, -0.1) is 10.2 Å². The van der Waals surface area contributed by atoms with E-state index in [1.165, 1.54) is 27.2 Å². The number of benzene rings is 1. The summed E-state index contributed by atoms with van der Waals surface area (Å²) in [4.78, 5) is 21.5. The van der Waals surface area contributed by atoms with Gasteiger partial charge < -0.3 is 14.6 Å². The number of nitrogens with zero attached hydrogens (tertiary/aromatic N) is 6. The van der Waals surface area contributed by atoms with Crippen molar-refractivity contribution in [2.24, 2.45) is 0 Å². The molecule has 44 heavy (non-hydrogen) atoms. The van der Waals surface area contributed by atoms with Crippen molar-refractivity contribution in [2.45, 2.75) is 37.1 Å². The molecule has 0 saturated heterocycles. The minimum atomic E-state index is -5.08. The van der Waals surface area contributed by atoms with E-state index in [1.54, 1.807) is 37.5 Å². The predicted octanol–water partition coefficient (Wildman–Crippen LogP) is 4.04. The van der Waals surface area contributed by atoms with E-state index in [0.717, 1.165) is 22.3 Å². The van der Waals surface area contributed by atoms with Crippen LogP contribution >= 0.6 is 0 Å². The maximum absolute atomic E-state index is 14.9. The fourth-order valence-corrected chi connectivity index (χ4v) is 5.14. The van der Waals surface area contributed by atoms with Crippen LogP contribution in [0.2, 0.25) is 0 Å². The molecule has 0 spiro atoms. The van der Waals surface area contributed by atoms with Crippen LogP contribution in [0.25, 0.3) is 17.2 Å². The Labute approximate surface area is 247 Å². The molecule has 3 heterocycles. The molecule has 18 heteroatoms. The molecule has 0 aliphatic carbocycles. The number of ether oxygens (including phenoxy) is 2. The second kappa shape index (κ2) is 13.8. The number of aryl methyl sites for hydroxylation is 1. The highest BCUT2D eigenvalue weighted by atomic mass is 32.2. The first kappa shape index (κ1) is 33.9. The van der Waals surface area contributed by atoms with Gasteiger partial charge >= 0.3 is 12.1 Å². The number of rotatable bonds is 9. The van der Waals surface area contributed by atoms with Crippen molar-refractivity contribution in [3.63, 3.8) is 0 Å². The van der Waals surface area contributed by atoms with E-state index in [-0.39, 0.29) is 29.0 Å². The van der Waals surface area contributed by atoms with Crippen LogP contribution in [0.15, 0.2) is 48.8 Å². The third kappa shape index (κ3) is 7.87. The summed E-state index contributed by atoms with van der Waals surface area (Å²) < 4.78 is 100. The maximum atomic E-state index is 14.9. The Morgan fingerprint density at radius 3 is 2.11 bits per heavy atom. The van der Waals surface area contributed by atoms with E-state index in [1.807, 2.05) is 0 Å². The second-order valence-electron chi connectivity index (χ2n) is 9.00. The normalized spacial score (nSPS) is 13.0. The van der Waals surface area contributed by atoms with Gasteiger partial charge in [0.05, 0.1) is 12.4 Å². The van der Waals surface area contributed by atoms with Gasteiger partial charge in [0.15, 0.2) is 27.3 Å². The molecule has 0 saturated carbocycles. The first-order valence-corrected chi connectivity index (χ1v) is 14.0. The van der Waals surface area contributed by atoms with Gasteiger partial charge in [-0.2, -0.15) is 13.2 Å². The van der Waals surface area contributed by atoms with Crippen LogP contribution in [0.4, 0.5) is 22.0 Å². The van der Waals surface area contributed by atoms with Crippen LogP contribution in [0, 0.1) is 18.6 Å². The molecule has 0 aliphatic rings. The zero-order chi connectivity index (χ0) is 32.8. The molecule has 1 N–H and O–H groups in total. The number of pyridine rings is 1. The standard InChI is InChI=1S/C24H24F2N6O4S.C2HF3O2/c1-14-11-27-23(28-12-14)22(36-4)15(2)37(33,34)13-19-30-31-24(18-9-6-10-20(29-18)35-3)32(19)21-16(25)7-5-8-17(21)26;3-2(4,5)1(6)7/h5-12,15,22H,13H2,1-4H3;(H,6,7)/t15-,22-;/m0./s1. The molecule has 0 unspecified atom stereocenters. The number of carboxylic acid groups (broad SMARTS) is 1. The Morgan fingerprint density at radius 2 is 1.59 bits per heavy atom. The van der Waals surface area contributed by atoms with Crippen molar-refractivity contribution in [3.8, 4) is 23.1 Å². The molecule has 0 amide bonds. The van der Waals surface area contributed by atoms with Crippen molar-refractivity contribution in [1.82, 2.24) is 29.7 Å². The molecule has 1 aromatic carbocycles. The smallest absolute Gasteiger partial charge is 0.481 e. The van der Waals surface area contributed by atoms with Crippen LogP contribution in [0.1, 0.15) is 30.2 Å². The number of methoxy groups -OCH3 is 2. The van der Waals surface area contributed by atoms with Crippen LogP contribution < -0.4 is 4.74 Å². The third-order valence-corrected chi connectivity index (χ3v) is 7.97. The van der Waals surface area contributed by atoms with Gasteiger partial charge in [-0.05, 0) is 37.6 Å². The molecule has 2 atom stereocenters. The van der Waals surface area contributed by atoms with Crippen molar-refractivity contribution in [3.05, 3.63) is 77.6 Å². The zero-order valence-electron chi connectivity index (χ0n) is 23.5. The Morgan fingerprint density at radius 1 is 1.02 bits per heavy atom. The van der Waals surface area contributed by atoms with Crippen molar-refractivity contribution in [2.75, 3.05) is 14.2 Å². The summed E-state index contributed by atoms with van der Waals surface area (Å²) in [5, 5.41) is 14.0. The molecule has 0 fully saturated rings. The first-order valence-electron chi connectivity index (χ1n) is 12.3. The second-order valence-corrected chi connectivity index (χ2v) is 11.4. The summed E-state index contributed by atoms with van der Waals surface area (Å²) in [6.45, 7) is 3.25. The summed E-state index contributed by atoms with van der Waals surface area (Å²) in [5.74, 6) is -5.19. The van der Waals surface area contributed by atoms with Crippen LogP contribution in [0.5, 0.6) is 5.88 Å². The highest BCUT2D eigenvalue weighted by Gasteiger charge is 2.38. The van der Waals surface area contributed by atoms with E-state index >= 15 is 0 Å². The lowest BCUT2D eigenvalue weighted by molar-refractivity contribution is -0.192. The van der Waals surface area contributed by atoms with Gasteiger partial charge in [0.2, 0.25) is 5.88 Å². The lowest BCUT2D eigenvalue weighted by atomic mass is 10.2. The highest BCUT2D eigenvalue weighted by Crippen LogP contribution is 2.30. The largest absolute Gasteiger partial charge is 0.490 e. The summed E-state index contributed by atoms with van der Waals surface area (Å²) in [6, 6.07) is 8.04. The maximum Gasteiger partial charge on any atom is 0.490 e. The van der Waals surface area contributed by atoms with Gasteiger partial charge in [-0.1, -0.05) is 12.1 Å². The number of aromatic nitrogens is 6. The summed E-state index contributed by atoms with van der Waals surface area (Å²) >= 11 is 0. The SMILES string of the molecule is COc1cccc(-c2nnc(CS(=O)(=O)[C@@H](C)[C@H](OC)c3ncc(C)cn3)n2-c2c(F)cccc2F)n1.O=C(O)C(F)(F)F. The summed E-state index contributed by atoms with van der Waals surface area (Å²) in [7, 11) is -1.27.